The minimum absolute atomic E-state index is 0.611. The summed E-state index contributed by atoms with van der Waals surface area (Å²) in [5, 5.41) is 3.26. The first-order valence-electron chi connectivity index (χ1n) is 5.54. The Morgan fingerprint density at radius 2 is 2.00 bits per heavy atom. The van der Waals surface area contributed by atoms with Gasteiger partial charge in [-0.25, -0.2) is 0 Å². The SMILES string of the molecule is CCN(CCOC)C(CNC)C(C)C. The van der Waals surface area contributed by atoms with Crippen molar-refractivity contribution in [1.29, 1.82) is 0 Å². The summed E-state index contributed by atoms with van der Waals surface area (Å²) in [6, 6.07) is 0.611. The van der Waals surface area contributed by atoms with Crippen LogP contribution in [0, 0.1) is 5.92 Å². The van der Waals surface area contributed by atoms with Crippen LogP contribution >= 0.6 is 0 Å². The molecular weight excluding hydrogens is 176 g/mol. The maximum absolute atomic E-state index is 5.12. The second-order valence-electron chi connectivity index (χ2n) is 3.99. The van der Waals surface area contributed by atoms with E-state index in [4.69, 9.17) is 4.74 Å². The first-order valence-corrected chi connectivity index (χ1v) is 5.54. The maximum atomic E-state index is 5.12. The second kappa shape index (κ2) is 8.21. The van der Waals surface area contributed by atoms with Crippen LogP contribution in [-0.4, -0.2) is 51.3 Å². The van der Waals surface area contributed by atoms with Crippen LogP contribution in [0.1, 0.15) is 20.8 Å². The smallest absolute Gasteiger partial charge is 0.0589 e. The molecule has 3 nitrogen and oxygen atoms in total. The lowest BCUT2D eigenvalue weighted by molar-refractivity contribution is 0.105. The first kappa shape index (κ1) is 13.9. The van der Waals surface area contributed by atoms with Gasteiger partial charge >= 0.3 is 0 Å². The number of likely N-dealkylation sites (N-methyl/N-ethyl adjacent to an activating group) is 2. The Labute approximate surface area is 88.8 Å². The lowest BCUT2D eigenvalue weighted by Crippen LogP contribution is -2.46. The van der Waals surface area contributed by atoms with Crippen molar-refractivity contribution in [2.24, 2.45) is 5.92 Å². The molecular formula is C11H26N2O. The Kier molecular flexibility index (Phi) is 8.14. The molecule has 0 heterocycles. The molecule has 0 saturated carbocycles. The van der Waals surface area contributed by atoms with Gasteiger partial charge in [0.1, 0.15) is 0 Å². The van der Waals surface area contributed by atoms with E-state index in [1.165, 1.54) is 0 Å². The lowest BCUT2D eigenvalue weighted by Gasteiger charge is -2.33. The van der Waals surface area contributed by atoms with E-state index in [2.05, 4.69) is 31.0 Å². The van der Waals surface area contributed by atoms with Gasteiger partial charge in [-0.05, 0) is 19.5 Å². The summed E-state index contributed by atoms with van der Waals surface area (Å²) < 4.78 is 5.12. The van der Waals surface area contributed by atoms with Crippen LogP contribution in [0.15, 0.2) is 0 Å². The molecule has 0 rings (SSSR count). The van der Waals surface area contributed by atoms with Crippen molar-refractivity contribution in [1.82, 2.24) is 10.2 Å². The van der Waals surface area contributed by atoms with Gasteiger partial charge in [0.2, 0.25) is 0 Å². The van der Waals surface area contributed by atoms with Gasteiger partial charge in [-0.3, -0.25) is 4.90 Å². The van der Waals surface area contributed by atoms with E-state index in [9.17, 15) is 0 Å². The number of nitrogens with one attached hydrogen (secondary N) is 1. The molecule has 0 aliphatic heterocycles. The third-order valence-electron chi connectivity index (χ3n) is 2.64. The molecule has 86 valence electrons. The van der Waals surface area contributed by atoms with Crippen LogP contribution in [0.4, 0.5) is 0 Å². The van der Waals surface area contributed by atoms with Crippen molar-refractivity contribution >= 4 is 0 Å². The van der Waals surface area contributed by atoms with Gasteiger partial charge in [-0.1, -0.05) is 20.8 Å². The largest absolute Gasteiger partial charge is 0.383 e. The summed E-state index contributed by atoms with van der Waals surface area (Å²) in [6.45, 7) is 10.7. The molecule has 0 aliphatic carbocycles. The summed E-state index contributed by atoms with van der Waals surface area (Å²) in [4.78, 5) is 2.48. The average molecular weight is 202 g/mol. The van der Waals surface area contributed by atoms with Gasteiger partial charge in [-0.15, -0.1) is 0 Å². The summed E-state index contributed by atoms with van der Waals surface area (Å²) >= 11 is 0. The van der Waals surface area contributed by atoms with Crippen LogP contribution in [0.3, 0.4) is 0 Å². The number of hydrogen-bond donors (Lipinski definition) is 1. The summed E-state index contributed by atoms with van der Waals surface area (Å²) in [6.07, 6.45) is 0. The molecule has 3 heteroatoms. The number of nitrogens with zero attached hydrogens (tertiary/aromatic N) is 1. The fraction of sp³-hybridized carbons (Fsp3) is 1.00. The standard InChI is InChI=1S/C11H26N2O/c1-6-13(7-8-14-5)11(9-12-4)10(2)3/h10-12H,6-9H2,1-5H3. The third-order valence-corrected chi connectivity index (χ3v) is 2.64. The van der Waals surface area contributed by atoms with Crippen molar-refractivity contribution in [2.75, 3.05) is 40.4 Å². The maximum Gasteiger partial charge on any atom is 0.0589 e. The minimum atomic E-state index is 0.611. The van der Waals surface area contributed by atoms with Crippen LogP contribution in [0.2, 0.25) is 0 Å². The molecule has 0 aromatic heterocycles. The van der Waals surface area contributed by atoms with Gasteiger partial charge in [0.25, 0.3) is 0 Å². The number of ether oxygens (including phenoxy) is 1. The van der Waals surface area contributed by atoms with Gasteiger partial charge < -0.3 is 10.1 Å². The Morgan fingerprint density at radius 1 is 1.36 bits per heavy atom. The highest BCUT2D eigenvalue weighted by molar-refractivity contribution is 4.75. The van der Waals surface area contributed by atoms with Crippen LogP contribution in [0.25, 0.3) is 0 Å². The Bertz CT molecular complexity index is 128. The molecule has 0 aromatic rings. The zero-order chi connectivity index (χ0) is 11.0. The highest BCUT2D eigenvalue weighted by Crippen LogP contribution is 2.09. The molecule has 1 N–H and O–H groups in total. The number of hydrogen-bond acceptors (Lipinski definition) is 3. The number of methoxy groups -OCH3 is 1. The highest BCUT2D eigenvalue weighted by Gasteiger charge is 2.19. The van der Waals surface area contributed by atoms with E-state index in [1.54, 1.807) is 7.11 Å². The number of rotatable bonds is 8. The molecule has 1 atom stereocenters. The van der Waals surface area contributed by atoms with E-state index < -0.39 is 0 Å². The predicted molar refractivity (Wildman–Crippen MR) is 61.7 cm³/mol. The first-order chi connectivity index (χ1) is 6.67. The molecule has 14 heavy (non-hydrogen) atoms. The van der Waals surface area contributed by atoms with Crippen LogP contribution in [-0.2, 0) is 4.74 Å². The average Bonchev–Trinajstić information content (AvgIpc) is 2.17. The van der Waals surface area contributed by atoms with Crippen molar-refractivity contribution in [3.63, 3.8) is 0 Å². The Balaban J connectivity index is 4.11. The summed E-state index contributed by atoms with van der Waals surface area (Å²) in [5.41, 5.74) is 0. The van der Waals surface area contributed by atoms with E-state index >= 15 is 0 Å². The molecule has 1 unspecified atom stereocenters. The normalized spacial score (nSPS) is 13.9. The van der Waals surface area contributed by atoms with Gasteiger partial charge in [0.15, 0.2) is 0 Å². The molecule has 0 fully saturated rings. The van der Waals surface area contributed by atoms with Gasteiger partial charge in [0, 0.05) is 26.2 Å². The summed E-state index contributed by atoms with van der Waals surface area (Å²) in [7, 11) is 3.77. The van der Waals surface area contributed by atoms with E-state index in [-0.39, 0.29) is 0 Å². The Morgan fingerprint density at radius 3 is 2.36 bits per heavy atom. The highest BCUT2D eigenvalue weighted by atomic mass is 16.5. The van der Waals surface area contributed by atoms with Crippen molar-refractivity contribution in [3.05, 3.63) is 0 Å². The van der Waals surface area contributed by atoms with E-state index in [0.717, 1.165) is 26.2 Å². The third kappa shape index (κ3) is 4.94. The zero-order valence-corrected chi connectivity index (χ0v) is 10.3. The summed E-state index contributed by atoms with van der Waals surface area (Å²) in [5.74, 6) is 0.680. The van der Waals surface area contributed by atoms with Crippen LogP contribution < -0.4 is 5.32 Å². The fourth-order valence-corrected chi connectivity index (χ4v) is 1.76. The zero-order valence-electron chi connectivity index (χ0n) is 10.3. The van der Waals surface area contributed by atoms with Crippen molar-refractivity contribution < 1.29 is 4.74 Å². The van der Waals surface area contributed by atoms with Gasteiger partial charge in [-0.2, -0.15) is 0 Å². The quantitative estimate of drug-likeness (QED) is 0.640. The van der Waals surface area contributed by atoms with Crippen molar-refractivity contribution in [2.45, 2.75) is 26.8 Å². The van der Waals surface area contributed by atoms with E-state index in [0.29, 0.717) is 12.0 Å². The molecule has 0 spiro atoms. The van der Waals surface area contributed by atoms with Crippen molar-refractivity contribution in [3.8, 4) is 0 Å². The fourth-order valence-electron chi connectivity index (χ4n) is 1.76. The monoisotopic (exact) mass is 202 g/mol. The molecule has 0 amide bonds. The second-order valence-corrected chi connectivity index (χ2v) is 3.99. The molecule has 0 saturated heterocycles. The predicted octanol–water partition coefficient (Wildman–Crippen LogP) is 1.20. The van der Waals surface area contributed by atoms with E-state index in [1.807, 2.05) is 7.05 Å². The molecule has 0 aromatic carbocycles. The molecule has 0 bridgehead atoms. The molecule has 0 radical (unpaired) electrons. The van der Waals surface area contributed by atoms with Crippen LogP contribution in [0.5, 0.6) is 0 Å². The topological polar surface area (TPSA) is 24.5 Å². The lowest BCUT2D eigenvalue weighted by atomic mass is 10.0. The Hall–Kier alpha value is -0.120. The van der Waals surface area contributed by atoms with Gasteiger partial charge in [0.05, 0.1) is 6.61 Å². The minimum Gasteiger partial charge on any atom is -0.383 e. The molecule has 0 aliphatic rings.